The minimum absolute atomic E-state index is 0.0208. The van der Waals surface area contributed by atoms with Gasteiger partial charge in [0.25, 0.3) is 0 Å². The highest BCUT2D eigenvalue weighted by atomic mass is 35.5. The molecule has 266 valence electrons. The van der Waals surface area contributed by atoms with E-state index in [-0.39, 0.29) is 33.4 Å². The predicted octanol–water partition coefficient (Wildman–Crippen LogP) is 7.67. The molecule has 1 atom stereocenters. The molecule has 0 radical (unpaired) electrons. The SMILES string of the molecule is CC(C)c1cc(NC(=O)C(C)(C)S(=O)(=O)c2ccc(Cl)cc2)on1.CCC(C)c1cc(NC(=O)C(C)(C)S(=O)(=O)c2ccc(Cl)cc2)on1. The first kappa shape index (κ1) is 39.7. The Morgan fingerprint density at radius 2 is 1.04 bits per heavy atom. The van der Waals surface area contributed by atoms with Crippen molar-refractivity contribution in [1.82, 2.24) is 10.3 Å². The zero-order chi connectivity index (χ0) is 36.9. The van der Waals surface area contributed by atoms with Crippen LogP contribution in [0.1, 0.15) is 85.0 Å². The molecule has 12 nitrogen and oxygen atoms in total. The lowest BCUT2D eigenvalue weighted by Crippen LogP contribution is -2.44. The Kier molecular flexibility index (Phi) is 12.5. The maximum atomic E-state index is 12.8. The Hall–Kier alpha value is -3.72. The van der Waals surface area contributed by atoms with Gasteiger partial charge in [0.2, 0.25) is 23.6 Å². The Bertz CT molecular complexity index is 1990. The van der Waals surface area contributed by atoms with E-state index in [4.69, 9.17) is 32.2 Å². The first-order valence-corrected chi connectivity index (χ1v) is 18.9. The summed E-state index contributed by atoms with van der Waals surface area (Å²) in [6.45, 7) is 13.2. The predicted molar refractivity (Wildman–Crippen MR) is 188 cm³/mol. The molecule has 0 saturated carbocycles. The van der Waals surface area contributed by atoms with Crippen molar-refractivity contribution in [3.05, 3.63) is 82.1 Å². The van der Waals surface area contributed by atoms with Gasteiger partial charge in [-0.05, 0) is 88.6 Å². The van der Waals surface area contributed by atoms with Crippen LogP contribution in [0, 0.1) is 0 Å². The van der Waals surface area contributed by atoms with Crippen LogP contribution in [0.5, 0.6) is 0 Å². The average molecular weight is 756 g/mol. The molecule has 2 aromatic carbocycles. The Labute approximate surface area is 296 Å². The number of anilines is 2. The molecule has 4 aromatic rings. The van der Waals surface area contributed by atoms with Crippen LogP contribution >= 0.6 is 23.2 Å². The topological polar surface area (TPSA) is 179 Å². The summed E-state index contributed by atoms with van der Waals surface area (Å²) in [5, 5.41) is 13.5. The van der Waals surface area contributed by atoms with Gasteiger partial charge in [-0.25, -0.2) is 16.8 Å². The third-order valence-corrected chi connectivity index (χ3v) is 13.3. The van der Waals surface area contributed by atoms with Crippen molar-refractivity contribution in [2.45, 2.75) is 92.9 Å². The monoisotopic (exact) mass is 754 g/mol. The molecule has 49 heavy (non-hydrogen) atoms. The number of rotatable bonds is 11. The molecule has 2 heterocycles. The van der Waals surface area contributed by atoms with E-state index in [0.717, 1.165) is 6.42 Å². The largest absolute Gasteiger partial charge is 0.338 e. The van der Waals surface area contributed by atoms with E-state index in [0.29, 0.717) is 21.4 Å². The Morgan fingerprint density at radius 3 is 1.37 bits per heavy atom. The summed E-state index contributed by atoms with van der Waals surface area (Å²) >= 11 is 11.6. The standard InChI is InChI=1S/C17H21ClN2O4S.C16H19ClN2O4S/c1-5-11(2)14-10-15(24-20-14)19-16(21)17(3,4)25(22,23)13-8-6-12(18)7-9-13;1-10(2)13-9-14(23-19-13)18-15(20)16(3,4)24(21,22)12-7-5-11(17)6-8-12/h6-11H,5H2,1-4H3,(H,19,21);5-10H,1-4H3,(H,18,20). The van der Waals surface area contributed by atoms with Crippen LogP contribution in [0.2, 0.25) is 10.0 Å². The van der Waals surface area contributed by atoms with Crippen molar-refractivity contribution in [3.63, 3.8) is 0 Å². The van der Waals surface area contributed by atoms with Gasteiger partial charge in [0.1, 0.15) is 9.49 Å². The maximum Gasteiger partial charge on any atom is 0.248 e. The van der Waals surface area contributed by atoms with Crippen LogP contribution in [0.15, 0.2) is 79.5 Å². The molecule has 2 amide bonds. The summed E-state index contributed by atoms with van der Waals surface area (Å²) in [6, 6.07) is 14.6. The fraction of sp³-hybridized carbons (Fsp3) is 0.394. The highest BCUT2D eigenvalue weighted by molar-refractivity contribution is 7.94. The van der Waals surface area contributed by atoms with Gasteiger partial charge < -0.3 is 9.05 Å². The van der Waals surface area contributed by atoms with Crippen LogP contribution in [0.3, 0.4) is 0 Å². The summed E-state index contributed by atoms with van der Waals surface area (Å²) < 4.78 is 57.9. The third kappa shape index (κ3) is 8.91. The van der Waals surface area contributed by atoms with Crippen LogP contribution in [0.4, 0.5) is 11.8 Å². The molecule has 4 rings (SSSR count). The van der Waals surface area contributed by atoms with Gasteiger partial charge in [-0.15, -0.1) is 0 Å². The van der Waals surface area contributed by atoms with Gasteiger partial charge in [-0.2, -0.15) is 0 Å². The van der Waals surface area contributed by atoms with E-state index >= 15 is 0 Å². The molecule has 16 heteroatoms. The molecule has 0 saturated heterocycles. The van der Waals surface area contributed by atoms with Crippen molar-refractivity contribution in [3.8, 4) is 0 Å². The number of halogens is 2. The molecule has 0 spiro atoms. The lowest BCUT2D eigenvalue weighted by Gasteiger charge is -2.23. The number of nitrogens with one attached hydrogen (secondary N) is 2. The minimum atomic E-state index is -3.92. The molecule has 1 unspecified atom stereocenters. The quantitative estimate of drug-likeness (QED) is 0.154. The van der Waals surface area contributed by atoms with E-state index in [9.17, 15) is 26.4 Å². The van der Waals surface area contributed by atoms with Gasteiger partial charge in [0, 0.05) is 28.1 Å². The third-order valence-electron chi connectivity index (χ3n) is 7.92. The maximum absolute atomic E-state index is 12.8. The number of benzene rings is 2. The second-order valence-corrected chi connectivity index (χ2v) is 18.4. The number of carbonyl (C=O) groups is 2. The van der Waals surface area contributed by atoms with Crippen molar-refractivity contribution in [2.75, 3.05) is 10.6 Å². The fourth-order valence-corrected chi connectivity index (χ4v) is 7.00. The molecule has 0 bridgehead atoms. The smallest absolute Gasteiger partial charge is 0.248 e. The first-order valence-electron chi connectivity index (χ1n) is 15.2. The number of nitrogens with zero attached hydrogens (tertiary/aromatic N) is 2. The lowest BCUT2D eigenvalue weighted by atomic mass is 10.1. The molecular formula is C33H40Cl2N4O8S2. The van der Waals surface area contributed by atoms with E-state index in [2.05, 4.69) is 20.9 Å². The molecule has 2 N–H and O–H groups in total. The van der Waals surface area contributed by atoms with Gasteiger partial charge in [-0.1, -0.05) is 61.2 Å². The van der Waals surface area contributed by atoms with Gasteiger partial charge in [-0.3, -0.25) is 20.2 Å². The summed E-state index contributed by atoms with van der Waals surface area (Å²) in [4.78, 5) is 25.1. The average Bonchev–Trinajstić information content (AvgIpc) is 3.71. The number of carbonyl (C=O) groups excluding carboxylic acids is 2. The van der Waals surface area contributed by atoms with Crippen molar-refractivity contribution < 1.29 is 35.5 Å². The highest BCUT2D eigenvalue weighted by Gasteiger charge is 2.44. The molecule has 0 aliphatic heterocycles. The van der Waals surface area contributed by atoms with Gasteiger partial charge in [0.15, 0.2) is 19.7 Å². The van der Waals surface area contributed by atoms with Crippen LogP contribution < -0.4 is 10.6 Å². The number of hydrogen-bond donors (Lipinski definition) is 2. The van der Waals surface area contributed by atoms with Crippen LogP contribution in [0.25, 0.3) is 0 Å². The number of aromatic nitrogens is 2. The second kappa shape index (κ2) is 15.4. The van der Waals surface area contributed by atoms with Crippen molar-refractivity contribution in [2.24, 2.45) is 0 Å². The molecule has 0 aliphatic carbocycles. The van der Waals surface area contributed by atoms with E-state index in [1.165, 1.54) is 76.2 Å². The number of sulfone groups is 2. The lowest BCUT2D eigenvalue weighted by molar-refractivity contribution is -0.118. The zero-order valence-corrected chi connectivity index (χ0v) is 31.5. The second-order valence-electron chi connectivity index (χ2n) is 12.5. The van der Waals surface area contributed by atoms with Gasteiger partial charge in [0.05, 0.1) is 21.2 Å². The molecule has 2 aromatic heterocycles. The molecule has 0 fully saturated rings. The number of hydrogen-bond acceptors (Lipinski definition) is 10. The summed E-state index contributed by atoms with van der Waals surface area (Å²) in [7, 11) is -7.84. The van der Waals surface area contributed by atoms with E-state index in [1.54, 1.807) is 12.1 Å². The van der Waals surface area contributed by atoms with E-state index < -0.39 is 41.0 Å². The molecular weight excluding hydrogens is 715 g/mol. The number of amides is 2. The summed E-state index contributed by atoms with van der Waals surface area (Å²) in [5.74, 6) is -0.855. The van der Waals surface area contributed by atoms with Crippen LogP contribution in [-0.4, -0.2) is 48.5 Å². The zero-order valence-electron chi connectivity index (χ0n) is 28.4. The van der Waals surface area contributed by atoms with Crippen LogP contribution in [-0.2, 0) is 29.3 Å². The summed E-state index contributed by atoms with van der Waals surface area (Å²) in [6.07, 6.45) is 0.871. The van der Waals surface area contributed by atoms with Crippen molar-refractivity contribution in [1.29, 1.82) is 0 Å². The minimum Gasteiger partial charge on any atom is -0.338 e. The molecule has 0 aliphatic rings. The normalized spacial score (nSPS) is 13.0. The Balaban J connectivity index is 0.000000266. The summed E-state index contributed by atoms with van der Waals surface area (Å²) in [5.41, 5.74) is 1.37. The van der Waals surface area contributed by atoms with Gasteiger partial charge >= 0.3 is 0 Å². The first-order chi connectivity index (χ1) is 22.6. The fourth-order valence-electron chi connectivity index (χ4n) is 3.99. The highest BCUT2D eigenvalue weighted by Crippen LogP contribution is 2.30. The Morgan fingerprint density at radius 1 is 0.694 bits per heavy atom. The van der Waals surface area contributed by atoms with Crippen molar-refractivity contribution >= 4 is 66.5 Å². The van der Waals surface area contributed by atoms with E-state index in [1.807, 2.05) is 27.7 Å².